The largest absolute Gasteiger partial charge is 0.383 e. The van der Waals surface area contributed by atoms with Gasteiger partial charge in [-0.25, -0.2) is 0 Å². The van der Waals surface area contributed by atoms with Gasteiger partial charge < -0.3 is 19.7 Å². The molecule has 0 saturated carbocycles. The number of nitriles is 1. The fourth-order valence-corrected chi connectivity index (χ4v) is 1.39. The van der Waals surface area contributed by atoms with Crippen molar-refractivity contribution < 1.29 is 14.3 Å². The minimum absolute atomic E-state index is 0.114. The van der Waals surface area contributed by atoms with E-state index in [2.05, 4.69) is 5.32 Å². The van der Waals surface area contributed by atoms with Gasteiger partial charge in [-0.05, 0) is 0 Å². The highest BCUT2D eigenvalue weighted by molar-refractivity contribution is 5.97. The van der Waals surface area contributed by atoms with Crippen LogP contribution in [-0.2, 0) is 14.3 Å². The van der Waals surface area contributed by atoms with Crippen LogP contribution in [0.5, 0.6) is 0 Å². The summed E-state index contributed by atoms with van der Waals surface area (Å²) in [5.74, 6) is -0.365. The number of hydrogen-bond acceptors (Lipinski definition) is 5. The van der Waals surface area contributed by atoms with Crippen molar-refractivity contribution in [1.29, 1.82) is 5.26 Å². The van der Waals surface area contributed by atoms with Crippen LogP contribution < -0.4 is 5.32 Å². The van der Waals surface area contributed by atoms with Crippen LogP contribution in [0, 0.1) is 11.3 Å². The van der Waals surface area contributed by atoms with Gasteiger partial charge in [-0.1, -0.05) is 0 Å². The molecule has 1 fully saturated rings. The van der Waals surface area contributed by atoms with Gasteiger partial charge in [0.25, 0.3) is 5.91 Å². The van der Waals surface area contributed by atoms with Crippen molar-refractivity contribution in [2.24, 2.45) is 0 Å². The lowest BCUT2D eigenvalue weighted by Gasteiger charge is -2.25. The van der Waals surface area contributed by atoms with Gasteiger partial charge >= 0.3 is 0 Å². The third-order valence-electron chi connectivity index (χ3n) is 2.31. The van der Waals surface area contributed by atoms with Gasteiger partial charge in [0.1, 0.15) is 11.6 Å². The van der Waals surface area contributed by atoms with Crippen molar-refractivity contribution in [1.82, 2.24) is 10.2 Å². The second-order valence-electron chi connectivity index (χ2n) is 3.55. The molecular formula is C11H17N3O3. The number of amides is 1. The Morgan fingerprint density at radius 2 is 2.29 bits per heavy atom. The van der Waals surface area contributed by atoms with Crippen LogP contribution in [0.1, 0.15) is 0 Å². The highest BCUT2D eigenvalue weighted by atomic mass is 16.5. The molecule has 94 valence electrons. The molecule has 1 rings (SSSR count). The molecule has 0 atom stereocenters. The first-order chi connectivity index (χ1) is 8.27. The smallest absolute Gasteiger partial charge is 0.263 e. The van der Waals surface area contributed by atoms with Gasteiger partial charge in [0.15, 0.2) is 0 Å². The van der Waals surface area contributed by atoms with E-state index in [4.69, 9.17) is 14.7 Å². The molecule has 0 radical (unpaired) electrons. The van der Waals surface area contributed by atoms with Crippen LogP contribution in [0.25, 0.3) is 0 Å². The number of ether oxygens (including phenoxy) is 2. The van der Waals surface area contributed by atoms with Crippen LogP contribution in [0.2, 0.25) is 0 Å². The quantitative estimate of drug-likeness (QED) is 0.397. The number of methoxy groups -OCH3 is 1. The fraction of sp³-hybridized carbons (Fsp3) is 0.636. The number of nitrogens with one attached hydrogen (secondary N) is 1. The number of hydrogen-bond donors (Lipinski definition) is 1. The Labute approximate surface area is 101 Å². The maximum Gasteiger partial charge on any atom is 0.263 e. The number of morpholine rings is 1. The van der Waals surface area contributed by atoms with Crippen molar-refractivity contribution in [3.8, 4) is 6.07 Å². The lowest BCUT2D eigenvalue weighted by molar-refractivity contribution is -0.117. The molecule has 1 amide bonds. The zero-order valence-corrected chi connectivity index (χ0v) is 9.94. The average molecular weight is 239 g/mol. The number of nitrogens with zero attached hydrogens (tertiary/aromatic N) is 2. The second-order valence-corrected chi connectivity index (χ2v) is 3.55. The van der Waals surface area contributed by atoms with E-state index in [-0.39, 0.29) is 11.5 Å². The van der Waals surface area contributed by atoms with Gasteiger partial charge in [0, 0.05) is 32.9 Å². The molecule has 1 saturated heterocycles. The number of carbonyl (C=O) groups is 1. The maximum absolute atomic E-state index is 11.6. The Morgan fingerprint density at radius 3 is 2.88 bits per heavy atom. The normalized spacial score (nSPS) is 16.5. The van der Waals surface area contributed by atoms with E-state index in [9.17, 15) is 4.79 Å². The molecule has 1 N–H and O–H groups in total. The summed E-state index contributed by atoms with van der Waals surface area (Å²) in [7, 11) is 1.56. The molecular weight excluding hydrogens is 222 g/mol. The summed E-state index contributed by atoms with van der Waals surface area (Å²) < 4.78 is 10.00. The zero-order valence-electron chi connectivity index (χ0n) is 9.94. The van der Waals surface area contributed by atoms with Crippen LogP contribution in [0.4, 0.5) is 0 Å². The lowest BCUT2D eigenvalue weighted by atomic mass is 10.3. The molecule has 0 aromatic rings. The summed E-state index contributed by atoms with van der Waals surface area (Å²) in [4.78, 5) is 13.5. The Morgan fingerprint density at radius 1 is 1.59 bits per heavy atom. The second kappa shape index (κ2) is 7.65. The standard InChI is InChI=1S/C11H17N3O3/c1-16-5-2-13-11(15)10(8-12)9-14-3-6-17-7-4-14/h9H,2-7H2,1H3,(H,13,15)/b10-9+. The topological polar surface area (TPSA) is 74.6 Å². The maximum atomic E-state index is 11.6. The Hall–Kier alpha value is -1.58. The van der Waals surface area contributed by atoms with E-state index in [0.29, 0.717) is 39.5 Å². The van der Waals surface area contributed by atoms with E-state index < -0.39 is 0 Å². The Kier molecular flexibility index (Phi) is 6.07. The number of carbonyl (C=O) groups excluding carboxylic acids is 1. The minimum atomic E-state index is -0.365. The summed E-state index contributed by atoms with van der Waals surface area (Å²) in [5, 5.41) is 11.5. The van der Waals surface area contributed by atoms with Crippen LogP contribution in [0.15, 0.2) is 11.8 Å². The first-order valence-corrected chi connectivity index (χ1v) is 5.48. The Bertz CT molecular complexity index is 316. The van der Waals surface area contributed by atoms with Crippen LogP contribution >= 0.6 is 0 Å². The predicted octanol–water partition coefficient (Wildman–Crippen LogP) is -0.511. The van der Waals surface area contributed by atoms with Gasteiger partial charge in [-0.15, -0.1) is 0 Å². The summed E-state index contributed by atoms with van der Waals surface area (Å²) >= 11 is 0. The van der Waals surface area contributed by atoms with Crippen molar-refractivity contribution in [3.05, 3.63) is 11.8 Å². The molecule has 1 aliphatic heterocycles. The molecule has 0 aliphatic carbocycles. The van der Waals surface area contributed by atoms with Crippen molar-refractivity contribution in [2.45, 2.75) is 0 Å². The molecule has 6 nitrogen and oxygen atoms in total. The van der Waals surface area contributed by atoms with Gasteiger partial charge in [-0.3, -0.25) is 4.79 Å². The molecule has 0 unspecified atom stereocenters. The molecule has 0 aromatic carbocycles. The fourth-order valence-electron chi connectivity index (χ4n) is 1.39. The van der Waals surface area contributed by atoms with Crippen LogP contribution in [-0.4, -0.2) is 57.4 Å². The van der Waals surface area contributed by atoms with Crippen molar-refractivity contribution in [3.63, 3.8) is 0 Å². The predicted molar refractivity (Wildman–Crippen MR) is 61.0 cm³/mol. The summed E-state index contributed by atoms with van der Waals surface area (Å²) in [6.45, 7) is 3.49. The van der Waals surface area contributed by atoms with Crippen molar-refractivity contribution in [2.75, 3.05) is 46.6 Å². The van der Waals surface area contributed by atoms with Gasteiger partial charge in [0.05, 0.1) is 19.8 Å². The van der Waals surface area contributed by atoms with Crippen LogP contribution in [0.3, 0.4) is 0 Å². The van der Waals surface area contributed by atoms with Gasteiger partial charge in [-0.2, -0.15) is 5.26 Å². The van der Waals surface area contributed by atoms with E-state index in [1.165, 1.54) is 0 Å². The van der Waals surface area contributed by atoms with Crippen molar-refractivity contribution >= 4 is 5.91 Å². The molecule has 1 aliphatic rings. The van der Waals surface area contributed by atoms with E-state index in [0.717, 1.165) is 0 Å². The zero-order chi connectivity index (χ0) is 12.5. The third-order valence-corrected chi connectivity index (χ3v) is 2.31. The summed E-state index contributed by atoms with van der Waals surface area (Å²) in [6.07, 6.45) is 1.59. The first-order valence-electron chi connectivity index (χ1n) is 5.48. The molecule has 1 heterocycles. The molecule has 0 aromatic heterocycles. The SMILES string of the molecule is COCCNC(=O)/C(C#N)=C/N1CCOCC1. The average Bonchev–Trinajstić information content (AvgIpc) is 2.37. The number of rotatable bonds is 5. The van der Waals surface area contributed by atoms with E-state index in [1.54, 1.807) is 13.3 Å². The third kappa shape index (κ3) is 4.85. The van der Waals surface area contributed by atoms with Gasteiger partial charge in [0.2, 0.25) is 0 Å². The molecule has 0 bridgehead atoms. The summed E-state index contributed by atoms with van der Waals surface area (Å²) in [5.41, 5.74) is 0.114. The monoisotopic (exact) mass is 239 g/mol. The van der Waals surface area contributed by atoms with E-state index >= 15 is 0 Å². The van der Waals surface area contributed by atoms with E-state index in [1.807, 2.05) is 11.0 Å². The lowest BCUT2D eigenvalue weighted by Crippen LogP contribution is -2.34. The summed E-state index contributed by atoms with van der Waals surface area (Å²) in [6, 6.07) is 1.90. The Balaban J connectivity index is 2.48. The molecule has 17 heavy (non-hydrogen) atoms. The highest BCUT2D eigenvalue weighted by Crippen LogP contribution is 2.02. The first kappa shape index (κ1) is 13.5. The highest BCUT2D eigenvalue weighted by Gasteiger charge is 2.12. The molecule has 6 heteroatoms. The minimum Gasteiger partial charge on any atom is -0.383 e. The molecule has 0 spiro atoms.